The smallest absolute Gasteiger partial charge is 0.311 e. The summed E-state index contributed by atoms with van der Waals surface area (Å²) in [6.45, 7) is 4.91. The summed E-state index contributed by atoms with van der Waals surface area (Å²) >= 11 is 5.56. The van der Waals surface area contributed by atoms with Gasteiger partial charge in [0.15, 0.2) is 23.0 Å². The number of nitrogens with zero attached hydrogens (tertiary/aromatic N) is 1. The summed E-state index contributed by atoms with van der Waals surface area (Å²) in [7, 11) is 5.30. The molecule has 1 aromatic carbocycles. The molecule has 8 nitrogen and oxygen atoms in total. The van der Waals surface area contributed by atoms with Gasteiger partial charge in [0.1, 0.15) is 0 Å². The van der Waals surface area contributed by atoms with E-state index >= 15 is 0 Å². The van der Waals surface area contributed by atoms with Gasteiger partial charge in [0, 0.05) is 42.3 Å². The molecule has 1 fully saturated rings. The van der Waals surface area contributed by atoms with Gasteiger partial charge in [-0.1, -0.05) is 69.2 Å². The summed E-state index contributed by atoms with van der Waals surface area (Å²) in [6, 6.07) is 4.22. The van der Waals surface area contributed by atoms with E-state index in [-0.39, 0.29) is 34.7 Å². The molecule has 0 radical (unpaired) electrons. The Labute approximate surface area is 261 Å². The van der Waals surface area contributed by atoms with Gasteiger partial charge < -0.3 is 24.4 Å². The number of esters is 1. The minimum atomic E-state index is -0.443. The molecule has 43 heavy (non-hydrogen) atoms. The topological polar surface area (TPSA) is 94.2 Å². The van der Waals surface area contributed by atoms with E-state index < -0.39 is 5.41 Å². The van der Waals surface area contributed by atoms with Gasteiger partial charge in [-0.3, -0.25) is 14.4 Å². The Hall–Kier alpha value is -2.84. The van der Waals surface area contributed by atoms with E-state index in [2.05, 4.69) is 29.9 Å². The van der Waals surface area contributed by atoms with Gasteiger partial charge in [0.2, 0.25) is 0 Å². The number of carbonyl (C=O) groups excluding carboxylic acids is 3. The zero-order valence-electron chi connectivity index (χ0n) is 26.0. The van der Waals surface area contributed by atoms with Crippen LogP contribution in [0.15, 0.2) is 35.6 Å². The average molecular weight is 615 g/mol. The van der Waals surface area contributed by atoms with Gasteiger partial charge in [0.25, 0.3) is 5.91 Å². The number of hydrogen-bond donors (Lipinski definition) is 1. The zero-order chi connectivity index (χ0) is 31.0. The lowest BCUT2D eigenvalue weighted by Crippen LogP contribution is -2.60. The fraction of sp³-hybridized carbons (Fsp3) is 0.618. The Kier molecular flexibility index (Phi) is 11.7. The molecule has 236 valence electrons. The van der Waals surface area contributed by atoms with E-state index in [0.29, 0.717) is 36.6 Å². The number of unbranched alkanes of at least 4 members (excludes halogenated alkanes) is 8. The molecule has 0 saturated carbocycles. The summed E-state index contributed by atoms with van der Waals surface area (Å²) in [5.41, 5.74) is 1.66. The molecule has 0 unspecified atom stereocenters. The maximum atomic E-state index is 13.2. The lowest BCUT2D eigenvalue weighted by Gasteiger charge is -2.56. The average Bonchev–Trinajstić information content (AvgIpc) is 2.98. The Balaban J connectivity index is 1.28. The summed E-state index contributed by atoms with van der Waals surface area (Å²) < 4.78 is 17.3. The molecule has 3 aliphatic rings. The maximum Gasteiger partial charge on any atom is 0.311 e. The number of rotatable bonds is 16. The number of amides is 1. The number of allylic oxidation sites excluding steroid dienone is 1. The number of likely N-dealkylation sites (tertiary alicyclic amines) is 1. The van der Waals surface area contributed by atoms with Crippen molar-refractivity contribution in [3.8, 4) is 11.5 Å². The van der Waals surface area contributed by atoms with Crippen LogP contribution in [-0.2, 0) is 31.0 Å². The van der Waals surface area contributed by atoms with Crippen molar-refractivity contribution >= 4 is 29.3 Å². The molecular formula is C34H47ClN2O6. The van der Waals surface area contributed by atoms with Crippen LogP contribution in [0.2, 0.25) is 0 Å². The predicted molar refractivity (Wildman–Crippen MR) is 167 cm³/mol. The third kappa shape index (κ3) is 7.63. The predicted octanol–water partition coefficient (Wildman–Crippen LogP) is 5.99. The normalized spacial score (nSPS) is 22.6. The van der Waals surface area contributed by atoms with Crippen molar-refractivity contribution in [2.24, 2.45) is 5.92 Å². The van der Waals surface area contributed by atoms with Crippen LogP contribution in [0.1, 0.15) is 88.2 Å². The Morgan fingerprint density at radius 1 is 1.05 bits per heavy atom. The van der Waals surface area contributed by atoms with Gasteiger partial charge in [-0.05, 0) is 57.0 Å². The van der Waals surface area contributed by atoms with Crippen molar-refractivity contribution in [1.29, 1.82) is 0 Å². The van der Waals surface area contributed by atoms with Crippen LogP contribution in [0, 0.1) is 5.92 Å². The van der Waals surface area contributed by atoms with E-state index in [9.17, 15) is 14.4 Å². The largest absolute Gasteiger partial charge is 0.493 e. The number of ketones is 1. The van der Waals surface area contributed by atoms with Gasteiger partial charge in [-0.2, -0.15) is 0 Å². The van der Waals surface area contributed by atoms with Crippen LogP contribution in [0.4, 0.5) is 0 Å². The monoisotopic (exact) mass is 614 g/mol. The number of likely N-dealkylation sites (N-methyl/N-ethyl adjacent to an activating group) is 1. The first-order valence-electron chi connectivity index (χ1n) is 15.7. The second kappa shape index (κ2) is 15.2. The minimum absolute atomic E-state index is 0.00243. The van der Waals surface area contributed by atoms with Gasteiger partial charge >= 0.3 is 5.97 Å². The van der Waals surface area contributed by atoms with E-state index in [0.717, 1.165) is 75.5 Å². The number of halogens is 1. The van der Waals surface area contributed by atoms with Crippen LogP contribution in [0.5, 0.6) is 11.5 Å². The number of hydrogen-bond acceptors (Lipinski definition) is 7. The van der Waals surface area contributed by atoms with Crippen molar-refractivity contribution in [3.05, 3.63) is 46.7 Å². The van der Waals surface area contributed by atoms with Crippen LogP contribution in [0.3, 0.4) is 0 Å². The molecule has 3 atom stereocenters. The number of nitrogens with one attached hydrogen (secondary N) is 1. The number of carbonyl (C=O) groups is 3. The zero-order valence-corrected chi connectivity index (χ0v) is 26.7. The molecule has 1 N–H and O–H groups in total. The van der Waals surface area contributed by atoms with E-state index in [1.165, 1.54) is 12.8 Å². The molecule has 2 aliphatic carbocycles. The molecule has 4 rings (SSSR count). The van der Waals surface area contributed by atoms with Crippen molar-refractivity contribution in [1.82, 2.24) is 10.2 Å². The van der Waals surface area contributed by atoms with Crippen LogP contribution >= 0.6 is 11.6 Å². The SMILES string of the molecule is C=C(Cl)C(=O)NCCCCCCCCCCCC(=O)Oc1c(OC)ccc2c1[C@@]13CCN(C)[C@@H](C2)[C@H]1C=C(OC)C(=O)C3. The highest BCUT2D eigenvalue weighted by atomic mass is 35.5. The number of fused-ring (bicyclic) bond motifs is 1. The molecular weight excluding hydrogens is 568 g/mol. The number of Topliss-reactive ketones (excluding diaryl/α,β-unsaturated/α-hetero) is 1. The summed E-state index contributed by atoms with van der Waals surface area (Å²) in [5, 5.41) is 2.77. The van der Waals surface area contributed by atoms with Crippen molar-refractivity contribution < 1.29 is 28.6 Å². The highest BCUT2D eigenvalue weighted by Gasteiger charge is 2.56. The lowest BCUT2D eigenvalue weighted by molar-refractivity contribution is -0.134. The number of piperidine rings is 1. The molecule has 0 spiro atoms. The Morgan fingerprint density at radius 3 is 2.37 bits per heavy atom. The lowest BCUT2D eigenvalue weighted by atomic mass is 9.53. The summed E-state index contributed by atoms with van der Waals surface area (Å²) in [5.74, 6) is 1.01. The molecule has 9 heteroatoms. The van der Waals surface area contributed by atoms with E-state index in [1.807, 2.05) is 12.1 Å². The molecule has 1 heterocycles. The summed E-state index contributed by atoms with van der Waals surface area (Å²) in [4.78, 5) is 40.0. The molecule has 1 amide bonds. The fourth-order valence-corrected chi connectivity index (χ4v) is 7.27. The van der Waals surface area contributed by atoms with Crippen molar-refractivity contribution in [2.75, 3.05) is 34.4 Å². The molecule has 1 saturated heterocycles. The van der Waals surface area contributed by atoms with Gasteiger partial charge in [-0.15, -0.1) is 0 Å². The van der Waals surface area contributed by atoms with Gasteiger partial charge in [-0.25, -0.2) is 0 Å². The highest BCUT2D eigenvalue weighted by molar-refractivity contribution is 6.41. The standard InChI is InChI=1S/C34H47ClN2O6/c1-23(35)33(40)36-18-13-11-9-7-5-6-8-10-12-14-30(39)43-32-28(41-3)16-15-24-20-26-25-21-29(42-4)27(38)22-34(25,31(24)32)17-19-37(26)2/h15-16,21,25-26H,1,5-14,17-20,22H2,2-4H3,(H,36,40)/t25-,26+,34-/m1/s1. The maximum absolute atomic E-state index is 13.2. The molecule has 1 aromatic rings. The van der Waals surface area contributed by atoms with Crippen LogP contribution in [0.25, 0.3) is 0 Å². The second-order valence-corrected chi connectivity index (χ2v) is 12.7. The van der Waals surface area contributed by atoms with Crippen molar-refractivity contribution in [3.63, 3.8) is 0 Å². The number of ether oxygens (including phenoxy) is 3. The first-order chi connectivity index (χ1) is 20.7. The second-order valence-electron chi connectivity index (χ2n) is 12.2. The molecule has 1 aliphatic heterocycles. The first kappa shape index (κ1) is 33.1. The Bertz CT molecular complexity index is 1230. The fourth-order valence-electron chi connectivity index (χ4n) is 7.20. The number of benzene rings is 1. The number of methoxy groups -OCH3 is 2. The van der Waals surface area contributed by atoms with Crippen LogP contribution in [-0.4, -0.2) is 63.0 Å². The third-order valence-corrected chi connectivity index (χ3v) is 9.66. The third-order valence-electron chi connectivity index (χ3n) is 9.49. The minimum Gasteiger partial charge on any atom is -0.493 e. The van der Waals surface area contributed by atoms with E-state index in [4.69, 9.17) is 25.8 Å². The van der Waals surface area contributed by atoms with Crippen LogP contribution < -0.4 is 14.8 Å². The van der Waals surface area contributed by atoms with Gasteiger partial charge in [0.05, 0.1) is 19.3 Å². The molecule has 0 aromatic heterocycles. The van der Waals surface area contributed by atoms with Crippen molar-refractivity contribution in [2.45, 2.75) is 94.9 Å². The quantitative estimate of drug-likeness (QED) is 0.106. The Morgan fingerprint density at radius 2 is 1.72 bits per heavy atom. The first-order valence-corrected chi connectivity index (χ1v) is 16.1. The van der Waals surface area contributed by atoms with E-state index in [1.54, 1.807) is 14.2 Å². The highest BCUT2D eigenvalue weighted by Crippen LogP contribution is 2.58. The summed E-state index contributed by atoms with van der Waals surface area (Å²) in [6.07, 6.45) is 13.8. The molecule has 2 bridgehead atoms.